The Morgan fingerprint density at radius 3 is 2.05 bits per heavy atom. The van der Waals surface area contributed by atoms with Crippen LogP contribution >= 0.6 is 0 Å². The highest BCUT2D eigenvalue weighted by Crippen LogP contribution is 2.40. The van der Waals surface area contributed by atoms with Crippen molar-refractivity contribution in [1.82, 2.24) is 0 Å². The molecule has 4 nitrogen and oxygen atoms in total. The third-order valence-corrected chi connectivity index (χ3v) is 8.80. The highest BCUT2D eigenvalue weighted by atomic mass is 16.6. The summed E-state index contributed by atoms with van der Waals surface area (Å²) in [6.45, 7) is 6.48. The van der Waals surface area contributed by atoms with Gasteiger partial charge >= 0.3 is 0 Å². The molecule has 4 aromatic carbocycles. The van der Waals surface area contributed by atoms with Crippen molar-refractivity contribution in [3.05, 3.63) is 103 Å². The van der Waals surface area contributed by atoms with Crippen molar-refractivity contribution in [2.75, 3.05) is 6.61 Å². The van der Waals surface area contributed by atoms with Crippen molar-refractivity contribution in [2.45, 2.75) is 75.8 Å². The molecule has 1 fully saturated rings. The molecule has 0 bridgehead atoms. The smallest absolute Gasteiger partial charge is 0.111 e. The topological polar surface area (TPSA) is 69.9 Å². The van der Waals surface area contributed by atoms with Gasteiger partial charge in [0, 0.05) is 5.92 Å². The van der Waals surface area contributed by atoms with Crippen molar-refractivity contribution in [1.29, 1.82) is 0 Å². The Morgan fingerprint density at radius 1 is 0.750 bits per heavy atom. The molecule has 0 saturated carbocycles. The predicted molar refractivity (Wildman–Crippen MR) is 164 cm³/mol. The van der Waals surface area contributed by atoms with Gasteiger partial charge in [-0.1, -0.05) is 124 Å². The van der Waals surface area contributed by atoms with E-state index >= 15 is 0 Å². The predicted octanol–water partition coefficient (Wildman–Crippen LogP) is 7.25. The van der Waals surface area contributed by atoms with Crippen LogP contribution in [0.3, 0.4) is 0 Å². The summed E-state index contributed by atoms with van der Waals surface area (Å²) >= 11 is 0. The molecule has 0 aliphatic carbocycles. The number of unbranched alkanes of at least 4 members (excludes halogenated alkanes) is 3. The van der Waals surface area contributed by atoms with Crippen molar-refractivity contribution >= 4 is 27.1 Å². The van der Waals surface area contributed by atoms with Gasteiger partial charge in [0.2, 0.25) is 0 Å². The Hall–Kier alpha value is -3.02. The number of fused-ring (bicyclic) bond motifs is 2. The lowest BCUT2D eigenvalue weighted by Crippen LogP contribution is -2.35. The summed E-state index contributed by atoms with van der Waals surface area (Å²) in [5.74, 6) is 0.338. The summed E-state index contributed by atoms with van der Waals surface area (Å²) in [5, 5.41) is 34.8. The Balaban J connectivity index is 1.26. The van der Waals surface area contributed by atoms with Gasteiger partial charge in [0.25, 0.3) is 0 Å². The van der Waals surface area contributed by atoms with Crippen LogP contribution in [0.15, 0.2) is 91.5 Å². The molecule has 4 heteroatoms. The second kappa shape index (κ2) is 13.1. The number of benzene rings is 4. The van der Waals surface area contributed by atoms with Crippen LogP contribution in [0.2, 0.25) is 0 Å². The molecule has 5 rings (SSSR count). The number of allylic oxidation sites excluding steroid dienone is 1. The lowest BCUT2D eigenvalue weighted by atomic mass is 9.80. The molecule has 0 spiro atoms. The molecule has 1 saturated heterocycles. The van der Waals surface area contributed by atoms with Crippen LogP contribution in [-0.4, -0.2) is 46.3 Å². The molecule has 2 unspecified atom stereocenters. The van der Waals surface area contributed by atoms with Crippen LogP contribution in [0.25, 0.3) is 27.1 Å². The summed E-state index contributed by atoms with van der Waals surface area (Å²) in [6, 6.07) is 30.3. The van der Waals surface area contributed by atoms with Gasteiger partial charge in [-0.25, -0.2) is 0 Å². The average molecular weight is 539 g/mol. The van der Waals surface area contributed by atoms with Gasteiger partial charge in [-0.15, -0.1) is 0 Å². The molecule has 0 aromatic heterocycles. The lowest BCUT2D eigenvalue weighted by molar-refractivity contribution is -0.0417. The summed E-state index contributed by atoms with van der Waals surface area (Å²) in [6.07, 6.45) is 3.23. The van der Waals surface area contributed by atoms with Gasteiger partial charge in [0.1, 0.15) is 18.3 Å². The fraction of sp³-hybridized carbons (Fsp3) is 0.389. The van der Waals surface area contributed by atoms with Crippen LogP contribution in [0.4, 0.5) is 0 Å². The summed E-state index contributed by atoms with van der Waals surface area (Å²) in [4.78, 5) is 0. The second-order valence-corrected chi connectivity index (χ2v) is 11.4. The zero-order valence-electron chi connectivity index (χ0n) is 23.5. The molecule has 0 radical (unpaired) electrons. The number of aliphatic hydroxyl groups is 3. The zero-order valence-corrected chi connectivity index (χ0v) is 23.5. The van der Waals surface area contributed by atoms with Crippen molar-refractivity contribution < 1.29 is 20.1 Å². The minimum atomic E-state index is -1.02. The number of aliphatic hydroxyl groups excluding tert-OH is 3. The van der Waals surface area contributed by atoms with E-state index in [9.17, 15) is 15.3 Å². The Kier molecular flexibility index (Phi) is 9.33. The van der Waals surface area contributed by atoms with E-state index < -0.39 is 24.4 Å². The first kappa shape index (κ1) is 28.5. The standard InChI is InChI=1S/C36H42O4/c1-24(36-35(39)34(38)33(23-37)40-36)13-5-3-4-6-18-29(32-22-12-17-27-15-8-10-20-31(27)32)25(2)28-21-11-16-26-14-7-9-19-30(26)28/h7-12,14-17,19-22,24,29,33-39H,2-6,13,18,23H2,1H3/t24?,29?,33-,34-,35+,36+/m1/s1. The summed E-state index contributed by atoms with van der Waals surface area (Å²) in [5.41, 5.74) is 3.74. The summed E-state index contributed by atoms with van der Waals surface area (Å²) in [7, 11) is 0. The highest BCUT2D eigenvalue weighted by molar-refractivity contribution is 5.96. The maximum absolute atomic E-state index is 10.3. The minimum absolute atomic E-state index is 0.121. The highest BCUT2D eigenvalue weighted by Gasteiger charge is 2.44. The molecule has 3 N–H and O–H groups in total. The van der Waals surface area contributed by atoms with Crippen molar-refractivity contribution in [3.63, 3.8) is 0 Å². The molecular weight excluding hydrogens is 496 g/mol. The SMILES string of the molecule is C=C(c1cccc2ccccc12)C(CCCCCCC(C)[C@@H]1O[C@H](CO)[C@@H](O)[C@@H]1O)c1cccc2ccccc12. The fourth-order valence-electron chi connectivity index (χ4n) is 6.50. The molecule has 1 heterocycles. The minimum Gasteiger partial charge on any atom is -0.394 e. The van der Waals surface area contributed by atoms with Gasteiger partial charge in [0.15, 0.2) is 0 Å². The van der Waals surface area contributed by atoms with E-state index in [-0.39, 0.29) is 18.4 Å². The lowest BCUT2D eigenvalue weighted by Gasteiger charge is -2.24. The first-order valence-electron chi connectivity index (χ1n) is 14.8. The fourth-order valence-corrected chi connectivity index (χ4v) is 6.50. The maximum Gasteiger partial charge on any atom is 0.111 e. The number of ether oxygens (including phenoxy) is 1. The molecule has 4 aromatic rings. The van der Waals surface area contributed by atoms with E-state index in [0.29, 0.717) is 0 Å². The molecule has 210 valence electrons. The zero-order chi connectivity index (χ0) is 28.1. The normalized spacial score (nSPS) is 22.5. The molecule has 6 atom stereocenters. The number of rotatable bonds is 12. The third kappa shape index (κ3) is 6.01. The largest absolute Gasteiger partial charge is 0.394 e. The quantitative estimate of drug-likeness (QED) is 0.166. The third-order valence-electron chi connectivity index (χ3n) is 8.80. The van der Waals surface area contributed by atoms with Gasteiger partial charge in [0.05, 0.1) is 12.7 Å². The van der Waals surface area contributed by atoms with Crippen LogP contribution in [-0.2, 0) is 4.74 Å². The Morgan fingerprint density at radius 2 is 1.35 bits per heavy atom. The van der Waals surface area contributed by atoms with Crippen LogP contribution in [0, 0.1) is 5.92 Å². The Bertz CT molecular complexity index is 1420. The van der Waals surface area contributed by atoms with E-state index in [1.165, 1.54) is 38.2 Å². The number of hydrogen-bond acceptors (Lipinski definition) is 4. The first-order valence-corrected chi connectivity index (χ1v) is 14.8. The van der Waals surface area contributed by atoms with Gasteiger partial charge < -0.3 is 20.1 Å². The molecular formula is C36H42O4. The molecule has 1 aliphatic rings. The summed E-state index contributed by atoms with van der Waals surface area (Å²) < 4.78 is 5.73. The number of hydrogen-bond donors (Lipinski definition) is 3. The molecule has 0 amide bonds. The van der Waals surface area contributed by atoms with Gasteiger partial charge in [-0.05, 0) is 57.0 Å². The van der Waals surface area contributed by atoms with Gasteiger partial charge in [-0.3, -0.25) is 0 Å². The van der Waals surface area contributed by atoms with Crippen LogP contribution < -0.4 is 0 Å². The van der Waals surface area contributed by atoms with E-state index in [4.69, 9.17) is 11.3 Å². The van der Waals surface area contributed by atoms with Crippen molar-refractivity contribution in [2.24, 2.45) is 5.92 Å². The molecule has 40 heavy (non-hydrogen) atoms. The average Bonchev–Trinajstić information content (AvgIpc) is 3.29. The van der Waals surface area contributed by atoms with Crippen LogP contribution in [0.5, 0.6) is 0 Å². The van der Waals surface area contributed by atoms with Crippen LogP contribution in [0.1, 0.15) is 62.5 Å². The van der Waals surface area contributed by atoms with E-state index in [1.54, 1.807) is 0 Å². The second-order valence-electron chi connectivity index (χ2n) is 11.4. The molecule has 1 aliphatic heterocycles. The first-order chi connectivity index (χ1) is 19.5. The maximum atomic E-state index is 10.3. The van der Waals surface area contributed by atoms with E-state index in [2.05, 4.69) is 91.9 Å². The monoisotopic (exact) mass is 538 g/mol. The van der Waals surface area contributed by atoms with E-state index in [1.807, 2.05) is 0 Å². The van der Waals surface area contributed by atoms with Gasteiger partial charge in [-0.2, -0.15) is 0 Å². The van der Waals surface area contributed by atoms with Crippen molar-refractivity contribution in [3.8, 4) is 0 Å². The Labute approximate surface area is 237 Å². The van der Waals surface area contributed by atoms with E-state index in [0.717, 1.165) is 38.5 Å².